The van der Waals surface area contributed by atoms with E-state index in [1.807, 2.05) is 26.8 Å². The second kappa shape index (κ2) is 11.5. The molecular weight excluding hydrogens is 457 g/mol. The van der Waals surface area contributed by atoms with E-state index in [9.17, 15) is 22.4 Å². The molecule has 34 heavy (non-hydrogen) atoms. The molecule has 0 radical (unpaired) electrons. The van der Waals surface area contributed by atoms with Gasteiger partial charge in [0.2, 0.25) is 21.8 Å². The Kier molecular flexibility index (Phi) is 9.21. The summed E-state index contributed by atoms with van der Waals surface area (Å²) >= 11 is 0. The molecule has 0 fully saturated rings. The quantitative estimate of drug-likeness (QED) is 0.551. The van der Waals surface area contributed by atoms with Crippen LogP contribution >= 0.6 is 0 Å². The highest BCUT2D eigenvalue weighted by Gasteiger charge is 2.32. The van der Waals surface area contributed by atoms with Crippen molar-refractivity contribution >= 4 is 27.5 Å². The SMILES string of the molecule is CC[C@@H](C(=O)NC(C)C)N(Cc1ccc(F)cc1)C(=O)CN(c1cc(C)ccc1C)S(C)(=O)=O. The van der Waals surface area contributed by atoms with Crippen molar-refractivity contribution in [3.8, 4) is 0 Å². The largest absolute Gasteiger partial charge is 0.352 e. The Bertz CT molecular complexity index is 1120. The van der Waals surface area contributed by atoms with Crippen LogP contribution in [0.3, 0.4) is 0 Å². The molecule has 1 atom stereocenters. The normalized spacial score (nSPS) is 12.4. The monoisotopic (exact) mass is 491 g/mol. The highest BCUT2D eigenvalue weighted by atomic mass is 32.2. The zero-order valence-electron chi connectivity index (χ0n) is 20.6. The summed E-state index contributed by atoms with van der Waals surface area (Å²) in [6, 6.07) is 10.1. The molecule has 7 nitrogen and oxygen atoms in total. The lowest BCUT2D eigenvalue weighted by molar-refractivity contribution is -0.140. The first-order valence-electron chi connectivity index (χ1n) is 11.2. The average molecular weight is 492 g/mol. The number of nitrogens with one attached hydrogen (secondary N) is 1. The first-order valence-corrected chi connectivity index (χ1v) is 13.1. The zero-order chi connectivity index (χ0) is 25.6. The molecule has 0 aliphatic heterocycles. The van der Waals surface area contributed by atoms with Crippen LogP contribution < -0.4 is 9.62 Å². The van der Waals surface area contributed by atoms with Gasteiger partial charge in [0.1, 0.15) is 18.4 Å². The highest BCUT2D eigenvalue weighted by molar-refractivity contribution is 7.92. The van der Waals surface area contributed by atoms with Crippen LogP contribution in [0.15, 0.2) is 42.5 Å². The Morgan fingerprint density at radius 3 is 2.21 bits per heavy atom. The fourth-order valence-corrected chi connectivity index (χ4v) is 4.57. The maximum absolute atomic E-state index is 13.6. The van der Waals surface area contributed by atoms with Gasteiger partial charge in [0.05, 0.1) is 11.9 Å². The topological polar surface area (TPSA) is 86.8 Å². The number of hydrogen-bond acceptors (Lipinski definition) is 4. The first kappa shape index (κ1) is 27.3. The molecule has 0 heterocycles. The van der Waals surface area contributed by atoms with E-state index in [2.05, 4.69) is 5.32 Å². The number of anilines is 1. The van der Waals surface area contributed by atoms with Gasteiger partial charge in [-0.05, 0) is 69.0 Å². The maximum atomic E-state index is 13.6. The van der Waals surface area contributed by atoms with Crippen molar-refractivity contribution in [3.63, 3.8) is 0 Å². The first-order chi connectivity index (χ1) is 15.8. The van der Waals surface area contributed by atoms with E-state index >= 15 is 0 Å². The maximum Gasteiger partial charge on any atom is 0.244 e. The van der Waals surface area contributed by atoms with Gasteiger partial charge in [-0.15, -0.1) is 0 Å². The summed E-state index contributed by atoms with van der Waals surface area (Å²) in [4.78, 5) is 27.9. The molecular formula is C25H34FN3O4S. The summed E-state index contributed by atoms with van der Waals surface area (Å²) < 4.78 is 39.9. The number of aryl methyl sites for hydroxylation is 2. The number of sulfonamides is 1. The predicted octanol–water partition coefficient (Wildman–Crippen LogP) is 3.54. The van der Waals surface area contributed by atoms with Gasteiger partial charge < -0.3 is 10.2 Å². The highest BCUT2D eigenvalue weighted by Crippen LogP contribution is 2.25. The van der Waals surface area contributed by atoms with E-state index in [0.717, 1.165) is 16.1 Å². The molecule has 186 valence electrons. The van der Waals surface area contributed by atoms with Crippen LogP contribution in [0.5, 0.6) is 0 Å². The van der Waals surface area contributed by atoms with Crippen molar-refractivity contribution in [3.05, 3.63) is 65.0 Å². The van der Waals surface area contributed by atoms with Gasteiger partial charge in [-0.25, -0.2) is 12.8 Å². The molecule has 9 heteroatoms. The molecule has 0 aliphatic carbocycles. The number of carbonyl (C=O) groups excluding carboxylic acids is 2. The summed E-state index contributed by atoms with van der Waals surface area (Å²) in [5.41, 5.74) is 2.60. The molecule has 1 N–H and O–H groups in total. The predicted molar refractivity (Wildman–Crippen MR) is 132 cm³/mol. The van der Waals surface area contributed by atoms with Gasteiger partial charge in [-0.1, -0.05) is 31.2 Å². The second-order valence-corrected chi connectivity index (χ2v) is 10.7. The van der Waals surface area contributed by atoms with Crippen molar-refractivity contribution < 1.29 is 22.4 Å². The summed E-state index contributed by atoms with van der Waals surface area (Å²) in [6.07, 6.45) is 1.38. The van der Waals surface area contributed by atoms with E-state index in [4.69, 9.17) is 0 Å². The molecule has 2 rings (SSSR count). The lowest BCUT2D eigenvalue weighted by Crippen LogP contribution is -2.53. The number of amides is 2. The summed E-state index contributed by atoms with van der Waals surface area (Å²) in [7, 11) is -3.80. The van der Waals surface area contributed by atoms with Gasteiger partial charge in [0.15, 0.2) is 0 Å². The Morgan fingerprint density at radius 2 is 1.68 bits per heavy atom. The molecule has 0 unspecified atom stereocenters. The van der Waals surface area contributed by atoms with Gasteiger partial charge in [-0.2, -0.15) is 0 Å². The molecule has 0 saturated heterocycles. The minimum absolute atomic E-state index is 0.0353. The van der Waals surface area contributed by atoms with Crippen molar-refractivity contribution in [2.45, 2.75) is 59.7 Å². The number of nitrogens with zero attached hydrogens (tertiary/aromatic N) is 2. The molecule has 0 saturated carbocycles. The van der Waals surface area contributed by atoms with Crippen LogP contribution in [0.1, 0.15) is 43.9 Å². The van der Waals surface area contributed by atoms with E-state index in [1.165, 1.54) is 17.0 Å². The fourth-order valence-electron chi connectivity index (χ4n) is 3.67. The van der Waals surface area contributed by atoms with Crippen LogP contribution in [0, 0.1) is 19.7 Å². The Morgan fingerprint density at radius 1 is 1.06 bits per heavy atom. The van der Waals surface area contributed by atoms with Crippen LogP contribution in [-0.4, -0.2) is 50.0 Å². The fraction of sp³-hybridized carbons (Fsp3) is 0.440. The third kappa shape index (κ3) is 7.28. The Labute approximate surface area is 202 Å². The van der Waals surface area contributed by atoms with Gasteiger partial charge in [-0.3, -0.25) is 13.9 Å². The minimum atomic E-state index is -3.80. The van der Waals surface area contributed by atoms with Crippen molar-refractivity contribution in [2.75, 3.05) is 17.1 Å². The Balaban J connectivity index is 2.48. The van der Waals surface area contributed by atoms with Gasteiger partial charge in [0.25, 0.3) is 0 Å². The van der Waals surface area contributed by atoms with Crippen molar-refractivity contribution in [1.82, 2.24) is 10.2 Å². The Hall–Kier alpha value is -2.94. The van der Waals surface area contributed by atoms with E-state index in [-0.39, 0.29) is 18.5 Å². The van der Waals surface area contributed by atoms with Gasteiger partial charge in [0, 0.05) is 12.6 Å². The van der Waals surface area contributed by atoms with Crippen molar-refractivity contribution in [2.24, 2.45) is 0 Å². The number of carbonyl (C=O) groups is 2. The molecule has 2 aromatic carbocycles. The number of hydrogen-bond donors (Lipinski definition) is 1. The summed E-state index contributed by atoms with van der Waals surface area (Å²) in [5.74, 6) is -1.27. The number of benzene rings is 2. The van der Waals surface area contributed by atoms with Crippen LogP contribution in [0.4, 0.5) is 10.1 Å². The van der Waals surface area contributed by atoms with Crippen LogP contribution in [0.2, 0.25) is 0 Å². The molecule has 0 bridgehead atoms. The van der Waals surface area contributed by atoms with Gasteiger partial charge >= 0.3 is 0 Å². The molecule has 2 aromatic rings. The van der Waals surface area contributed by atoms with E-state index in [1.54, 1.807) is 38.1 Å². The summed E-state index contributed by atoms with van der Waals surface area (Å²) in [5, 5.41) is 2.83. The van der Waals surface area contributed by atoms with Crippen molar-refractivity contribution in [1.29, 1.82) is 0 Å². The lowest BCUT2D eigenvalue weighted by Gasteiger charge is -2.33. The van der Waals surface area contributed by atoms with E-state index in [0.29, 0.717) is 23.2 Å². The molecule has 0 spiro atoms. The molecule has 0 aromatic heterocycles. The molecule has 2 amide bonds. The third-order valence-electron chi connectivity index (χ3n) is 5.40. The second-order valence-electron chi connectivity index (χ2n) is 8.80. The lowest BCUT2D eigenvalue weighted by atomic mass is 10.1. The number of rotatable bonds is 10. The van der Waals surface area contributed by atoms with Crippen LogP contribution in [0.25, 0.3) is 0 Å². The zero-order valence-corrected chi connectivity index (χ0v) is 21.4. The summed E-state index contributed by atoms with van der Waals surface area (Å²) in [6.45, 7) is 8.62. The minimum Gasteiger partial charge on any atom is -0.352 e. The third-order valence-corrected chi connectivity index (χ3v) is 6.52. The standard InChI is InChI=1S/C25H34FN3O4S/c1-7-22(25(31)27-17(2)3)28(15-20-10-12-21(26)13-11-20)24(30)16-29(34(6,32)33)23-14-18(4)8-9-19(23)5/h8-14,17,22H,7,15-16H2,1-6H3,(H,27,31)/t22-/m0/s1. The van der Waals surface area contributed by atoms with E-state index < -0.39 is 34.3 Å². The average Bonchev–Trinajstić information content (AvgIpc) is 2.73. The number of halogens is 1. The smallest absolute Gasteiger partial charge is 0.244 e. The molecule has 0 aliphatic rings. The van der Waals surface area contributed by atoms with Crippen LogP contribution in [-0.2, 0) is 26.2 Å².